The van der Waals surface area contributed by atoms with Crippen molar-refractivity contribution >= 4 is 22.5 Å². The molecule has 2 amide bonds. The third-order valence-corrected chi connectivity index (χ3v) is 3.92. The molecule has 0 saturated heterocycles. The third kappa shape index (κ3) is 3.88. The third-order valence-electron chi connectivity index (χ3n) is 3.09. The summed E-state index contributed by atoms with van der Waals surface area (Å²) >= 11 is 1.42. The Balaban J connectivity index is 2.07. The van der Waals surface area contributed by atoms with Crippen molar-refractivity contribution in [1.29, 1.82) is 0 Å². The van der Waals surface area contributed by atoms with E-state index in [1.807, 2.05) is 32.0 Å². The van der Waals surface area contributed by atoms with Crippen molar-refractivity contribution in [3.63, 3.8) is 0 Å². The van der Waals surface area contributed by atoms with Crippen molar-refractivity contribution < 1.29 is 14.3 Å². The highest BCUT2D eigenvalue weighted by Crippen LogP contribution is 2.29. The molecule has 0 radical (unpaired) electrons. The molecule has 0 aliphatic rings. The number of rotatable bonds is 5. The first-order chi connectivity index (χ1) is 10.5. The van der Waals surface area contributed by atoms with E-state index in [2.05, 4.69) is 15.6 Å². The second kappa shape index (κ2) is 7.13. The highest BCUT2D eigenvalue weighted by atomic mass is 32.1. The molecule has 0 saturated carbocycles. The van der Waals surface area contributed by atoms with Gasteiger partial charge in [-0.2, -0.15) is 0 Å². The molecule has 2 N–H and O–H groups in total. The van der Waals surface area contributed by atoms with E-state index in [-0.39, 0.29) is 12.1 Å². The number of aromatic nitrogens is 1. The molecule has 1 unspecified atom stereocenters. The number of hydrogen-bond donors (Lipinski definition) is 2. The molecule has 7 heteroatoms. The Morgan fingerprint density at radius 3 is 2.68 bits per heavy atom. The van der Waals surface area contributed by atoms with Crippen LogP contribution in [0.3, 0.4) is 0 Å². The standard InChI is InChI=1S/C15H19N3O3S/c1-9-8-16-15(22-9)18-14(19)17-10(2)12-7-11(20-3)5-6-13(12)21-4/h5-8,10H,1-4H3,(H2,16,17,18,19). The molecule has 2 rings (SSSR count). The fourth-order valence-corrected chi connectivity index (χ4v) is 2.66. The Labute approximate surface area is 133 Å². The predicted octanol–water partition coefficient (Wildman–Crippen LogP) is 3.35. The minimum Gasteiger partial charge on any atom is -0.497 e. The van der Waals surface area contributed by atoms with Crippen LogP contribution in [-0.2, 0) is 0 Å². The van der Waals surface area contributed by atoms with E-state index in [0.717, 1.165) is 10.4 Å². The topological polar surface area (TPSA) is 72.5 Å². The maximum atomic E-state index is 12.0. The number of ether oxygens (including phenoxy) is 2. The number of carbonyl (C=O) groups is 1. The van der Waals surface area contributed by atoms with Crippen molar-refractivity contribution in [1.82, 2.24) is 10.3 Å². The molecule has 1 aromatic carbocycles. The van der Waals surface area contributed by atoms with E-state index in [9.17, 15) is 4.79 Å². The number of aryl methyl sites for hydroxylation is 1. The van der Waals surface area contributed by atoms with Gasteiger partial charge in [0.05, 0.1) is 20.3 Å². The van der Waals surface area contributed by atoms with Gasteiger partial charge in [-0.3, -0.25) is 5.32 Å². The number of nitrogens with one attached hydrogen (secondary N) is 2. The van der Waals surface area contributed by atoms with E-state index in [4.69, 9.17) is 9.47 Å². The van der Waals surface area contributed by atoms with Crippen LogP contribution in [0.4, 0.5) is 9.93 Å². The van der Waals surface area contributed by atoms with Gasteiger partial charge in [0, 0.05) is 16.6 Å². The molecular weight excluding hydrogens is 302 g/mol. The summed E-state index contributed by atoms with van der Waals surface area (Å²) in [4.78, 5) is 17.2. The maximum absolute atomic E-state index is 12.0. The number of urea groups is 1. The van der Waals surface area contributed by atoms with E-state index in [1.165, 1.54) is 11.3 Å². The summed E-state index contributed by atoms with van der Waals surface area (Å²) in [6.45, 7) is 3.81. The molecule has 0 aliphatic heterocycles. The van der Waals surface area contributed by atoms with Crippen molar-refractivity contribution in [2.75, 3.05) is 19.5 Å². The molecule has 6 nitrogen and oxygen atoms in total. The maximum Gasteiger partial charge on any atom is 0.321 e. The predicted molar refractivity (Wildman–Crippen MR) is 87.0 cm³/mol. The molecule has 2 aromatic rings. The van der Waals surface area contributed by atoms with Gasteiger partial charge in [-0.15, -0.1) is 11.3 Å². The zero-order valence-electron chi connectivity index (χ0n) is 13.0. The first kappa shape index (κ1) is 16.1. The average molecular weight is 321 g/mol. The van der Waals surface area contributed by atoms with Gasteiger partial charge < -0.3 is 14.8 Å². The summed E-state index contributed by atoms with van der Waals surface area (Å²) in [6, 6.07) is 4.91. The first-order valence-electron chi connectivity index (χ1n) is 6.75. The van der Waals surface area contributed by atoms with Gasteiger partial charge in [-0.25, -0.2) is 9.78 Å². The Morgan fingerprint density at radius 2 is 2.09 bits per heavy atom. The van der Waals surface area contributed by atoms with Crippen LogP contribution in [0.15, 0.2) is 24.4 Å². The molecule has 0 bridgehead atoms. The number of thiazole rings is 1. The van der Waals surface area contributed by atoms with Crippen LogP contribution in [0.5, 0.6) is 11.5 Å². The second-order valence-electron chi connectivity index (χ2n) is 4.70. The number of nitrogens with zero attached hydrogens (tertiary/aromatic N) is 1. The van der Waals surface area contributed by atoms with E-state index < -0.39 is 0 Å². The van der Waals surface area contributed by atoms with Crippen LogP contribution >= 0.6 is 11.3 Å². The molecule has 0 aliphatic carbocycles. The quantitative estimate of drug-likeness (QED) is 0.886. The summed E-state index contributed by atoms with van der Waals surface area (Å²) in [5.41, 5.74) is 0.840. The Kier molecular flexibility index (Phi) is 5.21. The number of hydrogen-bond acceptors (Lipinski definition) is 5. The van der Waals surface area contributed by atoms with E-state index in [1.54, 1.807) is 20.4 Å². The minimum atomic E-state index is -0.313. The number of methoxy groups -OCH3 is 2. The molecule has 22 heavy (non-hydrogen) atoms. The smallest absolute Gasteiger partial charge is 0.321 e. The van der Waals surface area contributed by atoms with Crippen LogP contribution in [-0.4, -0.2) is 25.2 Å². The lowest BCUT2D eigenvalue weighted by Gasteiger charge is -2.18. The summed E-state index contributed by atoms with van der Waals surface area (Å²) in [5, 5.41) is 6.15. The molecule has 1 aromatic heterocycles. The molecule has 1 heterocycles. The van der Waals surface area contributed by atoms with Crippen LogP contribution < -0.4 is 20.1 Å². The van der Waals surface area contributed by atoms with Gasteiger partial charge in [0.15, 0.2) is 5.13 Å². The van der Waals surface area contributed by atoms with Crippen molar-refractivity contribution in [2.45, 2.75) is 19.9 Å². The largest absolute Gasteiger partial charge is 0.497 e. The Morgan fingerprint density at radius 1 is 1.32 bits per heavy atom. The summed E-state index contributed by atoms with van der Waals surface area (Å²) in [6.07, 6.45) is 1.72. The lowest BCUT2D eigenvalue weighted by molar-refractivity contribution is 0.249. The fraction of sp³-hybridized carbons (Fsp3) is 0.333. The normalized spacial score (nSPS) is 11.6. The molecule has 1 atom stereocenters. The van der Waals surface area contributed by atoms with E-state index in [0.29, 0.717) is 16.6 Å². The van der Waals surface area contributed by atoms with Crippen LogP contribution in [0.25, 0.3) is 0 Å². The first-order valence-corrected chi connectivity index (χ1v) is 7.57. The van der Waals surface area contributed by atoms with Crippen LogP contribution in [0.1, 0.15) is 23.4 Å². The summed E-state index contributed by atoms with van der Waals surface area (Å²) in [5.74, 6) is 1.40. The molecule has 0 spiro atoms. The molecule has 118 valence electrons. The fourth-order valence-electron chi connectivity index (χ4n) is 2.00. The lowest BCUT2D eigenvalue weighted by Crippen LogP contribution is -2.31. The Hall–Kier alpha value is -2.28. The van der Waals surface area contributed by atoms with Crippen molar-refractivity contribution in [2.24, 2.45) is 0 Å². The monoisotopic (exact) mass is 321 g/mol. The minimum absolute atomic E-state index is 0.244. The highest BCUT2D eigenvalue weighted by Gasteiger charge is 2.15. The van der Waals surface area contributed by atoms with Crippen LogP contribution in [0, 0.1) is 6.92 Å². The van der Waals surface area contributed by atoms with Gasteiger partial charge in [-0.1, -0.05) is 0 Å². The zero-order valence-corrected chi connectivity index (χ0v) is 13.8. The molecule has 0 fully saturated rings. The average Bonchev–Trinajstić information content (AvgIpc) is 2.91. The number of carbonyl (C=O) groups excluding carboxylic acids is 1. The lowest BCUT2D eigenvalue weighted by atomic mass is 10.1. The SMILES string of the molecule is COc1ccc(OC)c(C(C)NC(=O)Nc2ncc(C)s2)c1. The van der Waals surface area contributed by atoms with Gasteiger partial charge in [-0.05, 0) is 32.0 Å². The van der Waals surface area contributed by atoms with Gasteiger partial charge in [0.2, 0.25) is 0 Å². The second-order valence-corrected chi connectivity index (χ2v) is 5.94. The highest BCUT2D eigenvalue weighted by molar-refractivity contribution is 7.15. The number of benzene rings is 1. The zero-order chi connectivity index (χ0) is 16.1. The van der Waals surface area contributed by atoms with Gasteiger partial charge in [0.25, 0.3) is 0 Å². The summed E-state index contributed by atoms with van der Waals surface area (Å²) < 4.78 is 10.5. The summed E-state index contributed by atoms with van der Waals surface area (Å²) in [7, 11) is 3.19. The Bertz CT molecular complexity index is 657. The van der Waals surface area contributed by atoms with E-state index >= 15 is 0 Å². The van der Waals surface area contributed by atoms with Crippen molar-refractivity contribution in [3.8, 4) is 11.5 Å². The van der Waals surface area contributed by atoms with Crippen molar-refractivity contribution in [3.05, 3.63) is 34.8 Å². The number of amides is 2. The molecular formula is C15H19N3O3S. The van der Waals surface area contributed by atoms with Gasteiger partial charge >= 0.3 is 6.03 Å². The van der Waals surface area contributed by atoms with Gasteiger partial charge in [0.1, 0.15) is 11.5 Å². The number of anilines is 1. The van der Waals surface area contributed by atoms with Crippen LogP contribution in [0.2, 0.25) is 0 Å².